The molecule has 2 aliphatic rings. The molecule has 0 aromatic carbocycles. The Morgan fingerprint density at radius 3 is 2.55 bits per heavy atom. The van der Waals surface area contributed by atoms with E-state index in [1.54, 1.807) is 4.90 Å². The fourth-order valence-electron chi connectivity index (χ4n) is 3.13. The van der Waals surface area contributed by atoms with E-state index in [2.05, 4.69) is 5.32 Å². The third-order valence-corrected chi connectivity index (χ3v) is 6.14. The van der Waals surface area contributed by atoms with Crippen LogP contribution in [-0.4, -0.2) is 49.4 Å². The molecule has 1 unspecified atom stereocenters. The number of amides is 1. The van der Waals surface area contributed by atoms with Gasteiger partial charge >= 0.3 is 0 Å². The largest absolute Gasteiger partial charge is 0.372 e. The Labute approximate surface area is 132 Å². The van der Waals surface area contributed by atoms with Crippen molar-refractivity contribution in [3.05, 3.63) is 11.8 Å². The number of hydrogen-bond donors (Lipinski definition) is 1. The SMILES string of the molecule is CCN(/C=C(/C#N)C(=O)NC1CCCC1)C1CCS(=O)(=O)C1. The molecule has 1 atom stereocenters. The highest BCUT2D eigenvalue weighted by Crippen LogP contribution is 2.20. The van der Waals surface area contributed by atoms with Gasteiger partial charge in [-0.15, -0.1) is 0 Å². The van der Waals surface area contributed by atoms with Crippen molar-refractivity contribution in [3.63, 3.8) is 0 Å². The van der Waals surface area contributed by atoms with E-state index >= 15 is 0 Å². The predicted octanol–water partition coefficient (Wildman–Crippen LogP) is 0.962. The smallest absolute Gasteiger partial charge is 0.263 e. The van der Waals surface area contributed by atoms with Gasteiger partial charge in [0.25, 0.3) is 5.91 Å². The van der Waals surface area contributed by atoms with E-state index in [4.69, 9.17) is 0 Å². The first-order valence-corrected chi connectivity index (χ1v) is 9.66. The summed E-state index contributed by atoms with van der Waals surface area (Å²) in [5.74, 6) is -0.0768. The van der Waals surface area contributed by atoms with Crippen LogP contribution in [-0.2, 0) is 14.6 Å². The molecule has 0 bridgehead atoms. The van der Waals surface area contributed by atoms with Crippen LogP contribution < -0.4 is 5.32 Å². The van der Waals surface area contributed by atoms with Gasteiger partial charge in [0.05, 0.1) is 11.5 Å². The lowest BCUT2D eigenvalue weighted by atomic mass is 10.2. The Morgan fingerprint density at radius 1 is 1.36 bits per heavy atom. The first kappa shape index (κ1) is 16.8. The molecule has 1 N–H and O–H groups in total. The highest BCUT2D eigenvalue weighted by atomic mass is 32.2. The lowest BCUT2D eigenvalue weighted by molar-refractivity contribution is -0.117. The van der Waals surface area contributed by atoms with Crippen molar-refractivity contribution in [1.29, 1.82) is 5.26 Å². The first-order chi connectivity index (χ1) is 10.4. The molecule has 2 fully saturated rings. The van der Waals surface area contributed by atoms with E-state index in [0.717, 1.165) is 25.7 Å². The van der Waals surface area contributed by atoms with Crippen LogP contribution in [0, 0.1) is 11.3 Å². The molecule has 2 rings (SSSR count). The maximum atomic E-state index is 12.2. The van der Waals surface area contributed by atoms with Crippen LogP contribution >= 0.6 is 0 Å². The maximum absolute atomic E-state index is 12.2. The molecule has 0 radical (unpaired) electrons. The number of rotatable bonds is 5. The molecule has 0 aromatic rings. The summed E-state index contributed by atoms with van der Waals surface area (Å²) >= 11 is 0. The fourth-order valence-corrected chi connectivity index (χ4v) is 4.87. The highest BCUT2D eigenvalue weighted by molar-refractivity contribution is 7.91. The average Bonchev–Trinajstić information content (AvgIpc) is 3.09. The van der Waals surface area contributed by atoms with Gasteiger partial charge in [0.2, 0.25) is 0 Å². The summed E-state index contributed by atoms with van der Waals surface area (Å²) in [6, 6.07) is 1.96. The van der Waals surface area contributed by atoms with Crippen LogP contribution in [0.4, 0.5) is 0 Å². The molecular weight excluding hydrogens is 302 g/mol. The summed E-state index contributed by atoms with van der Waals surface area (Å²) in [6.07, 6.45) is 6.21. The lowest BCUT2D eigenvalue weighted by Crippen LogP contribution is -2.36. The number of nitrogens with one attached hydrogen (secondary N) is 1. The Balaban J connectivity index is 2.05. The zero-order valence-electron chi connectivity index (χ0n) is 12.9. The summed E-state index contributed by atoms with van der Waals surface area (Å²) in [7, 11) is -2.99. The summed E-state index contributed by atoms with van der Waals surface area (Å²) in [5, 5.41) is 12.1. The molecule has 0 spiro atoms. The zero-order valence-corrected chi connectivity index (χ0v) is 13.7. The molecule has 1 aliphatic heterocycles. The summed E-state index contributed by atoms with van der Waals surface area (Å²) in [5.41, 5.74) is 0.0537. The average molecular weight is 325 g/mol. The Hall–Kier alpha value is -1.55. The minimum absolute atomic E-state index is 0.0537. The van der Waals surface area contributed by atoms with Crippen molar-refractivity contribution >= 4 is 15.7 Å². The third kappa shape index (κ3) is 4.23. The molecule has 1 aliphatic carbocycles. The standard InChI is InChI=1S/C15H23N3O3S/c1-2-18(14-7-8-22(20,21)11-14)10-12(9-16)15(19)17-13-5-3-4-6-13/h10,13-14H,2-8,11H2,1H3,(H,17,19)/b12-10-. The predicted molar refractivity (Wildman–Crippen MR) is 83.5 cm³/mol. The van der Waals surface area contributed by atoms with Gasteiger partial charge < -0.3 is 10.2 Å². The van der Waals surface area contributed by atoms with Gasteiger partial charge in [-0.25, -0.2) is 8.42 Å². The van der Waals surface area contributed by atoms with Crippen LogP contribution in [0.5, 0.6) is 0 Å². The lowest BCUT2D eigenvalue weighted by Gasteiger charge is -2.25. The Bertz CT molecular complexity index is 586. The van der Waals surface area contributed by atoms with Gasteiger partial charge in [0, 0.05) is 24.8 Å². The van der Waals surface area contributed by atoms with Crippen LogP contribution in [0.1, 0.15) is 39.0 Å². The monoisotopic (exact) mass is 325 g/mol. The van der Waals surface area contributed by atoms with E-state index in [1.807, 2.05) is 13.0 Å². The minimum atomic E-state index is -2.99. The van der Waals surface area contributed by atoms with Crippen LogP contribution in [0.15, 0.2) is 11.8 Å². The van der Waals surface area contributed by atoms with Crippen molar-refractivity contribution in [1.82, 2.24) is 10.2 Å². The second-order valence-electron chi connectivity index (χ2n) is 6.00. The molecule has 22 heavy (non-hydrogen) atoms. The number of carbonyl (C=O) groups excluding carboxylic acids is 1. The number of nitrogens with zero attached hydrogens (tertiary/aromatic N) is 2. The first-order valence-electron chi connectivity index (χ1n) is 7.84. The molecule has 1 saturated heterocycles. The molecule has 6 nitrogen and oxygen atoms in total. The van der Waals surface area contributed by atoms with Crippen molar-refractivity contribution < 1.29 is 13.2 Å². The second kappa shape index (κ2) is 7.14. The number of carbonyl (C=O) groups is 1. The Morgan fingerprint density at radius 2 is 2.05 bits per heavy atom. The topological polar surface area (TPSA) is 90.3 Å². The van der Waals surface area contributed by atoms with E-state index in [-0.39, 0.29) is 35.1 Å². The van der Waals surface area contributed by atoms with Crippen LogP contribution in [0.2, 0.25) is 0 Å². The minimum Gasteiger partial charge on any atom is -0.372 e. The van der Waals surface area contributed by atoms with Crippen molar-refractivity contribution in [2.24, 2.45) is 0 Å². The van der Waals surface area contributed by atoms with Crippen LogP contribution in [0.3, 0.4) is 0 Å². The molecular formula is C15H23N3O3S. The van der Waals surface area contributed by atoms with Crippen molar-refractivity contribution in [2.75, 3.05) is 18.1 Å². The van der Waals surface area contributed by atoms with Gasteiger partial charge in [-0.05, 0) is 26.2 Å². The third-order valence-electron chi connectivity index (χ3n) is 4.39. The van der Waals surface area contributed by atoms with Gasteiger partial charge in [-0.3, -0.25) is 4.79 Å². The quantitative estimate of drug-likeness (QED) is 0.600. The molecule has 1 heterocycles. The van der Waals surface area contributed by atoms with Gasteiger partial charge in [-0.2, -0.15) is 5.26 Å². The number of sulfone groups is 1. The number of nitriles is 1. The maximum Gasteiger partial charge on any atom is 0.263 e. The Kier molecular flexibility index (Phi) is 5.46. The van der Waals surface area contributed by atoms with E-state index in [0.29, 0.717) is 13.0 Å². The molecule has 7 heteroatoms. The highest BCUT2D eigenvalue weighted by Gasteiger charge is 2.31. The molecule has 0 aromatic heterocycles. The normalized spacial score (nSPS) is 24.9. The van der Waals surface area contributed by atoms with Gasteiger partial charge in [0.15, 0.2) is 9.84 Å². The fraction of sp³-hybridized carbons (Fsp3) is 0.733. The molecule has 122 valence electrons. The molecule has 1 amide bonds. The van der Waals surface area contributed by atoms with Gasteiger partial charge in [-0.1, -0.05) is 12.8 Å². The second-order valence-corrected chi connectivity index (χ2v) is 8.23. The number of hydrogen-bond acceptors (Lipinski definition) is 5. The van der Waals surface area contributed by atoms with E-state index in [9.17, 15) is 18.5 Å². The molecule has 1 saturated carbocycles. The zero-order chi connectivity index (χ0) is 16.2. The van der Waals surface area contributed by atoms with E-state index in [1.165, 1.54) is 6.20 Å². The summed E-state index contributed by atoms with van der Waals surface area (Å²) in [4.78, 5) is 14.0. The van der Waals surface area contributed by atoms with Gasteiger partial charge in [0.1, 0.15) is 11.6 Å². The van der Waals surface area contributed by atoms with Crippen molar-refractivity contribution in [2.45, 2.75) is 51.1 Å². The summed E-state index contributed by atoms with van der Waals surface area (Å²) in [6.45, 7) is 2.47. The summed E-state index contributed by atoms with van der Waals surface area (Å²) < 4.78 is 23.2. The van der Waals surface area contributed by atoms with Crippen LogP contribution in [0.25, 0.3) is 0 Å². The van der Waals surface area contributed by atoms with Crippen molar-refractivity contribution in [3.8, 4) is 6.07 Å². The van der Waals surface area contributed by atoms with E-state index < -0.39 is 9.84 Å².